The first-order chi connectivity index (χ1) is 6.06. The number of nitrogens with two attached hydrogens (primary N) is 1. The molecule has 0 amide bonds. The number of alkyl halides is 2. The van der Waals surface area contributed by atoms with Gasteiger partial charge < -0.3 is 15.6 Å². The Hall–Kier alpha value is -1.59. The number of anilines is 1. The smallest absolute Gasteiger partial charge is 0.284 e. The molecule has 0 spiro atoms. The van der Waals surface area contributed by atoms with Crippen molar-refractivity contribution in [3.8, 4) is 11.5 Å². The lowest BCUT2D eigenvalue weighted by molar-refractivity contribution is 0.142. The molecule has 1 aromatic rings. The summed E-state index contributed by atoms with van der Waals surface area (Å²) in [4.78, 5) is 3.30. The maximum absolute atomic E-state index is 12.1. The summed E-state index contributed by atoms with van der Waals surface area (Å²) < 4.78 is 28.9. The summed E-state index contributed by atoms with van der Waals surface area (Å²) in [5.74, 6) is -0.724. The summed E-state index contributed by atoms with van der Waals surface area (Å²) in [7, 11) is 1.30. The van der Waals surface area contributed by atoms with Crippen LogP contribution in [-0.4, -0.2) is 17.2 Å². The predicted molar refractivity (Wildman–Crippen MR) is 41.8 cm³/mol. The molecule has 0 atom stereocenters. The number of rotatable bonds is 2. The van der Waals surface area contributed by atoms with Gasteiger partial charge >= 0.3 is 0 Å². The van der Waals surface area contributed by atoms with Gasteiger partial charge in [-0.1, -0.05) is 0 Å². The van der Waals surface area contributed by atoms with Crippen LogP contribution in [-0.2, 0) is 0 Å². The summed E-state index contributed by atoms with van der Waals surface area (Å²) in [6.07, 6.45) is -2.85. The van der Waals surface area contributed by atoms with Crippen LogP contribution in [0.5, 0.6) is 11.5 Å². The van der Waals surface area contributed by atoms with Gasteiger partial charge in [-0.2, -0.15) is 0 Å². The fraction of sp³-hybridized carbons (Fsp3) is 0.286. The molecule has 0 unspecified atom stereocenters. The molecule has 6 heteroatoms. The summed E-state index contributed by atoms with van der Waals surface area (Å²) >= 11 is 0. The van der Waals surface area contributed by atoms with Gasteiger partial charge in [-0.15, -0.1) is 0 Å². The molecule has 1 aromatic heterocycles. The minimum absolute atomic E-state index is 0.0712. The lowest BCUT2D eigenvalue weighted by Gasteiger charge is -2.07. The highest BCUT2D eigenvalue weighted by atomic mass is 19.3. The first-order valence-corrected chi connectivity index (χ1v) is 3.37. The van der Waals surface area contributed by atoms with Gasteiger partial charge in [-0.3, -0.25) is 0 Å². The van der Waals surface area contributed by atoms with Gasteiger partial charge in [0.15, 0.2) is 17.3 Å². The summed E-state index contributed by atoms with van der Waals surface area (Å²) in [6.45, 7) is 0. The largest absolute Gasteiger partial charge is 0.506 e. The van der Waals surface area contributed by atoms with E-state index in [1.807, 2.05) is 0 Å². The number of ether oxygens (including phenoxy) is 1. The van der Waals surface area contributed by atoms with Crippen molar-refractivity contribution in [2.75, 3.05) is 12.8 Å². The average molecular weight is 190 g/mol. The molecule has 13 heavy (non-hydrogen) atoms. The lowest BCUT2D eigenvalue weighted by atomic mass is 10.3. The molecule has 0 radical (unpaired) electrons. The van der Waals surface area contributed by atoms with E-state index in [1.165, 1.54) is 7.11 Å². The highest BCUT2D eigenvalue weighted by Crippen LogP contribution is 2.32. The third-order valence-electron chi connectivity index (χ3n) is 1.45. The van der Waals surface area contributed by atoms with Crippen molar-refractivity contribution >= 4 is 5.82 Å². The molecule has 0 fully saturated rings. The van der Waals surface area contributed by atoms with Crippen LogP contribution in [0.3, 0.4) is 0 Å². The Morgan fingerprint density at radius 1 is 1.62 bits per heavy atom. The zero-order valence-corrected chi connectivity index (χ0v) is 6.79. The first-order valence-electron chi connectivity index (χ1n) is 3.37. The molecule has 72 valence electrons. The van der Waals surface area contributed by atoms with Crippen LogP contribution in [0.25, 0.3) is 0 Å². The zero-order chi connectivity index (χ0) is 10.0. The van der Waals surface area contributed by atoms with E-state index in [0.717, 1.165) is 6.07 Å². The van der Waals surface area contributed by atoms with Crippen LogP contribution in [0.15, 0.2) is 6.07 Å². The quantitative estimate of drug-likeness (QED) is 0.737. The van der Waals surface area contributed by atoms with Gasteiger partial charge in [-0.05, 0) is 0 Å². The number of hydrogen-bond donors (Lipinski definition) is 2. The minimum Gasteiger partial charge on any atom is -0.506 e. The van der Waals surface area contributed by atoms with Crippen molar-refractivity contribution < 1.29 is 18.6 Å². The van der Waals surface area contributed by atoms with Crippen LogP contribution in [0.2, 0.25) is 0 Å². The van der Waals surface area contributed by atoms with Gasteiger partial charge in [0.25, 0.3) is 6.43 Å². The number of halogens is 2. The highest BCUT2D eigenvalue weighted by Gasteiger charge is 2.17. The summed E-state index contributed by atoms with van der Waals surface area (Å²) in [5.41, 5.74) is 4.52. The number of nitrogens with zero attached hydrogens (tertiary/aromatic N) is 1. The topological polar surface area (TPSA) is 68.4 Å². The minimum atomic E-state index is -2.85. The molecule has 0 aliphatic rings. The van der Waals surface area contributed by atoms with E-state index in [4.69, 9.17) is 10.8 Å². The fourth-order valence-corrected chi connectivity index (χ4v) is 0.838. The van der Waals surface area contributed by atoms with E-state index in [1.54, 1.807) is 0 Å². The number of aromatic hydroxyl groups is 1. The van der Waals surface area contributed by atoms with Gasteiger partial charge in [0.2, 0.25) is 0 Å². The number of aromatic nitrogens is 1. The van der Waals surface area contributed by atoms with E-state index in [-0.39, 0.29) is 11.6 Å². The second-order valence-corrected chi connectivity index (χ2v) is 2.28. The van der Waals surface area contributed by atoms with Crippen LogP contribution >= 0.6 is 0 Å². The molecule has 0 saturated heterocycles. The SMILES string of the molecule is COc1cc(O)c(C(F)F)nc1N. The molecule has 1 rings (SSSR count). The van der Waals surface area contributed by atoms with Gasteiger partial charge in [0.1, 0.15) is 5.75 Å². The first kappa shape index (κ1) is 9.50. The molecule has 3 N–H and O–H groups in total. The van der Waals surface area contributed by atoms with E-state index in [2.05, 4.69) is 9.72 Å². The van der Waals surface area contributed by atoms with E-state index < -0.39 is 17.9 Å². The van der Waals surface area contributed by atoms with Crippen molar-refractivity contribution in [3.63, 3.8) is 0 Å². The molecule has 0 aliphatic carbocycles. The second kappa shape index (κ2) is 3.42. The number of hydrogen-bond acceptors (Lipinski definition) is 4. The highest BCUT2D eigenvalue weighted by molar-refractivity contribution is 5.51. The Morgan fingerprint density at radius 2 is 2.23 bits per heavy atom. The molecule has 0 saturated carbocycles. The summed E-state index contributed by atoms with van der Waals surface area (Å²) in [5, 5.41) is 9.04. The predicted octanol–water partition coefficient (Wildman–Crippen LogP) is 1.32. The fourth-order valence-electron chi connectivity index (χ4n) is 0.838. The summed E-state index contributed by atoms with van der Waals surface area (Å²) in [6, 6.07) is 1.00. The van der Waals surface area contributed by atoms with Crippen LogP contribution in [0.1, 0.15) is 12.1 Å². The molecular formula is C7H8F2N2O2. The molecule has 0 aliphatic heterocycles. The van der Waals surface area contributed by atoms with Crippen molar-refractivity contribution in [2.45, 2.75) is 6.43 Å². The number of pyridine rings is 1. The van der Waals surface area contributed by atoms with Crippen LogP contribution in [0.4, 0.5) is 14.6 Å². The molecule has 4 nitrogen and oxygen atoms in total. The Morgan fingerprint density at radius 3 is 2.69 bits per heavy atom. The van der Waals surface area contributed by atoms with E-state index in [9.17, 15) is 8.78 Å². The van der Waals surface area contributed by atoms with Gasteiger partial charge in [0, 0.05) is 6.07 Å². The molecular weight excluding hydrogens is 182 g/mol. The Balaban J connectivity index is 3.20. The van der Waals surface area contributed by atoms with Crippen molar-refractivity contribution in [1.82, 2.24) is 4.98 Å². The van der Waals surface area contributed by atoms with Gasteiger partial charge in [0.05, 0.1) is 7.11 Å². The normalized spacial score (nSPS) is 10.5. The Kier molecular flexibility index (Phi) is 2.50. The van der Waals surface area contributed by atoms with Crippen molar-refractivity contribution in [2.24, 2.45) is 0 Å². The average Bonchev–Trinajstić information content (AvgIpc) is 2.07. The maximum atomic E-state index is 12.1. The van der Waals surface area contributed by atoms with Crippen molar-refractivity contribution in [1.29, 1.82) is 0 Å². The van der Waals surface area contributed by atoms with Crippen LogP contribution < -0.4 is 10.5 Å². The van der Waals surface area contributed by atoms with Crippen molar-refractivity contribution in [3.05, 3.63) is 11.8 Å². The monoisotopic (exact) mass is 190 g/mol. The second-order valence-electron chi connectivity index (χ2n) is 2.28. The third kappa shape index (κ3) is 1.77. The molecule has 0 bridgehead atoms. The molecule has 0 aromatic carbocycles. The van der Waals surface area contributed by atoms with Gasteiger partial charge in [-0.25, -0.2) is 13.8 Å². The van der Waals surface area contributed by atoms with E-state index in [0.29, 0.717) is 0 Å². The van der Waals surface area contributed by atoms with E-state index >= 15 is 0 Å². The standard InChI is InChI=1S/C7H8F2N2O2/c1-13-4-2-3(12)5(6(8)9)11-7(4)10/h2,6,12H,1H3,(H2,10,11). The maximum Gasteiger partial charge on any atom is 0.284 e. The lowest BCUT2D eigenvalue weighted by Crippen LogP contribution is -2.00. The Labute approximate surface area is 73.0 Å². The number of methoxy groups -OCH3 is 1. The van der Waals surface area contributed by atoms with Crippen LogP contribution in [0, 0.1) is 0 Å². The third-order valence-corrected chi connectivity index (χ3v) is 1.45. The molecule has 1 heterocycles. The Bertz CT molecular complexity index is 318. The number of nitrogen functional groups attached to an aromatic ring is 1. The zero-order valence-electron chi connectivity index (χ0n) is 6.79.